The van der Waals surface area contributed by atoms with Gasteiger partial charge in [-0.2, -0.15) is 11.8 Å². The number of rotatable bonds is 6. The Kier molecular flexibility index (Phi) is 6.14. The molecule has 1 heterocycles. The van der Waals surface area contributed by atoms with E-state index < -0.39 is 12.0 Å². The predicted molar refractivity (Wildman–Crippen MR) is 75.8 cm³/mol. The molecule has 19 heavy (non-hydrogen) atoms. The Hall–Kier alpha value is -1.76. The molecule has 3 N–H and O–H groups in total. The van der Waals surface area contributed by atoms with Crippen molar-refractivity contribution in [3.63, 3.8) is 0 Å². The Morgan fingerprint density at radius 2 is 2.26 bits per heavy atom. The van der Waals surface area contributed by atoms with Crippen LogP contribution in [-0.4, -0.2) is 40.1 Å². The van der Waals surface area contributed by atoms with Crippen LogP contribution in [0.25, 0.3) is 0 Å². The number of aromatic nitrogens is 1. The average Bonchev–Trinajstić information content (AvgIpc) is 2.36. The summed E-state index contributed by atoms with van der Waals surface area (Å²) in [7, 11) is 0. The summed E-state index contributed by atoms with van der Waals surface area (Å²) >= 11 is 1.71. The molecular weight excluding hydrogens is 266 g/mol. The minimum atomic E-state index is -1.17. The van der Waals surface area contributed by atoms with Crippen LogP contribution in [0.2, 0.25) is 0 Å². The van der Waals surface area contributed by atoms with E-state index in [-0.39, 0.29) is 17.4 Å². The molecule has 0 radical (unpaired) electrons. The summed E-state index contributed by atoms with van der Waals surface area (Å²) in [5, 5.41) is 14.2. The molecule has 1 atom stereocenters. The fraction of sp³-hybridized carbons (Fsp3) is 0.417. The minimum Gasteiger partial charge on any atom is -0.476 e. The molecule has 0 aromatic carbocycles. The average molecular weight is 283 g/mol. The van der Waals surface area contributed by atoms with Gasteiger partial charge in [-0.05, 0) is 37.5 Å². The number of hydrogen-bond acceptors (Lipinski definition) is 4. The molecule has 1 aromatic rings. The van der Waals surface area contributed by atoms with Crippen molar-refractivity contribution in [2.75, 3.05) is 17.3 Å². The van der Waals surface area contributed by atoms with Gasteiger partial charge in [0.05, 0.1) is 5.69 Å². The molecule has 7 heteroatoms. The number of pyridine rings is 1. The highest BCUT2D eigenvalue weighted by molar-refractivity contribution is 7.98. The lowest BCUT2D eigenvalue weighted by atomic mass is 10.2. The number of nitrogens with zero attached hydrogens (tertiary/aromatic N) is 1. The van der Waals surface area contributed by atoms with Crippen molar-refractivity contribution < 1.29 is 14.7 Å². The minimum absolute atomic E-state index is 0.0254. The smallest absolute Gasteiger partial charge is 0.356 e. The monoisotopic (exact) mass is 283 g/mol. The summed E-state index contributed by atoms with van der Waals surface area (Å²) < 4.78 is 0. The van der Waals surface area contributed by atoms with Crippen molar-refractivity contribution >= 4 is 29.4 Å². The van der Waals surface area contributed by atoms with Gasteiger partial charge in [-0.15, -0.1) is 0 Å². The molecule has 1 aromatic heterocycles. The maximum Gasteiger partial charge on any atom is 0.356 e. The molecular formula is C12H17N3O3S. The van der Waals surface area contributed by atoms with E-state index in [1.807, 2.05) is 13.2 Å². The predicted octanol–water partition coefficient (Wildman–Crippen LogP) is 2.04. The van der Waals surface area contributed by atoms with Gasteiger partial charge >= 0.3 is 12.0 Å². The second-order valence-corrected chi connectivity index (χ2v) is 4.97. The molecule has 0 aliphatic carbocycles. The summed E-state index contributed by atoms with van der Waals surface area (Å²) in [6, 6.07) is 2.67. The van der Waals surface area contributed by atoms with Crippen LogP contribution < -0.4 is 10.6 Å². The van der Waals surface area contributed by atoms with Crippen LogP contribution in [0.5, 0.6) is 0 Å². The number of nitrogens with one attached hydrogen (secondary N) is 2. The quantitative estimate of drug-likeness (QED) is 0.743. The second kappa shape index (κ2) is 7.63. The topological polar surface area (TPSA) is 91.3 Å². The van der Waals surface area contributed by atoms with E-state index in [0.717, 1.165) is 12.2 Å². The number of carboxylic acid groups (broad SMARTS) is 1. The number of carbonyl (C=O) groups excluding carboxylic acids is 1. The zero-order chi connectivity index (χ0) is 14.3. The zero-order valence-electron chi connectivity index (χ0n) is 10.8. The molecule has 0 saturated carbocycles. The maximum absolute atomic E-state index is 11.7. The number of urea groups is 1. The second-order valence-electron chi connectivity index (χ2n) is 3.99. The molecule has 0 bridgehead atoms. The SMILES string of the molecule is CSCCC(C)NC(=O)Nc1cccnc1C(=O)O. The van der Waals surface area contributed by atoms with E-state index in [9.17, 15) is 9.59 Å². The van der Waals surface area contributed by atoms with Gasteiger partial charge in [0.15, 0.2) is 5.69 Å². The maximum atomic E-state index is 11.7. The van der Waals surface area contributed by atoms with E-state index in [0.29, 0.717) is 0 Å². The highest BCUT2D eigenvalue weighted by atomic mass is 32.2. The van der Waals surface area contributed by atoms with E-state index in [1.165, 1.54) is 12.3 Å². The third-order valence-electron chi connectivity index (χ3n) is 2.39. The first-order valence-corrected chi connectivity index (χ1v) is 7.18. The van der Waals surface area contributed by atoms with Crippen LogP contribution in [0, 0.1) is 0 Å². The summed E-state index contributed by atoms with van der Waals surface area (Å²) in [6.45, 7) is 1.90. The number of carboxylic acids is 1. The molecule has 1 rings (SSSR count). The Labute approximate surface area is 116 Å². The van der Waals surface area contributed by atoms with Crippen molar-refractivity contribution in [3.8, 4) is 0 Å². The van der Waals surface area contributed by atoms with Crippen LogP contribution in [0.3, 0.4) is 0 Å². The number of aromatic carboxylic acids is 1. The molecule has 104 valence electrons. The van der Waals surface area contributed by atoms with Crippen molar-refractivity contribution in [3.05, 3.63) is 24.0 Å². The fourth-order valence-corrected chi connectivity index (χ4v) is 2.01. The first-order valence-electron chi connectivity index (χ1n) is 5.79. The molecule has 0 spiro atoms. The molecule has 0 aliphatic heterocycles. The van der Waals surface area contributed by atoms with Gasteiger partial charge in [-0.1, -0.05) is 0 Å². The van der Waals surface area contributed by atoms with Gasteiger partial charge < -0.3 is 15.7 Å². The van der Waals surface area contributed by atoms with Gasteiger partial charge in [0.25, 0.3) is 0 Å². The Bertz CT molecular complexity index is 454. The molecule has 2 amide bonds. The number of carbonyl (C=O) groups is 2. The van der Waals surface area contributed by atoms with Crippen LogP contribution in [0.4, 0.5) is 10.5 Å². The lowest BCUT2D eigenvalue weighted by molar-refractivity contribution is 0.0692. The summed E-state index contributed by atoms with van der Waals surface area (Å²) in [5.74, 6) is -0.222. The number of hydrogen-bond donors (Lipinski definition) is 3. The normalized spacial score (nSPS) is 11.7. The van der Waals surface area contributed by atoms with E-state index in [2.05, 4.69) is 15.6 Å². The largest absolute Gasteiger partial charge is 0.476 e. The highest BCUT2D eigenvalue weighted by Crippen LogP contribution is 2.11. The van der Waals surface area contributed by atoms with Crippen molar-refractivity contribution in [2.45, 2.75) is 19.4 Å². The summed E-state index contributed by atoms with van der Waals surface area (Å²) in [4.78, 5) is 26.4. The lowest BCUT2D eigenvalue weighted by Gasteiger charge is -2.14. The number of thioether (sulfide) groups is 1. The standard InChI is InChI=1S/C12H17N3O3S/c1-8(5-7-19-2)14-12(18)15-9-4-3-6-13-10(9)11(16)17/h3-4,6,8H,5,7H2,1-2H3,(H,16,17)(H2,14,15,18). The Morgan fingerprint density at radius 3 is 2.89 bits per heavy atom. The third-order valence-corrected chi connectivity index (χ3v) is 3.03. The Balaban J connectivity index is 2.60. The fourth-order valence-electron chi connectivity index (χ4n) is 1.43. The number of anilines is 1. The first-order chi connectivity index (χ1) is 9.04. The van der Waals surface area contributed by atoms with Gasteiger partial charge in [-0.3, -0.25) is 0 Å². The van der Waals surface area contributed by atoms with Crippen molar-refractivity contribution in [1.29, 1.82) is 0 Å². The van der Waals surface area contributed by atoms with Crippen LogP contribution in [0.1, 0.15) is 23.8 Å². The van der Waals surface area contributed by atoms with Gasteiger partial charge in [-0.25, -0.2) is 14.6 Å². The first kappa shape index (κ1) is 15.3. The van der Waals surface area contributed by atoms with Crippen LogP contribution in [-0.2, 0) is 0 Å². The van der Waals surface area contributed by atoms with Gasteiger partial charge in [0.1, 0.15) is 0 Å². The van der Waals surface area contributed by atoms with Crippen LogP contribution in [0.15, 0.2) is 18.3 Å². The molecule has 1 unspecified atom stereocenters. The van der Waals surface area contributed by atoms with E-state index in [4.69, 9.17) is 5.11 Å². The molecule has 0 fully saturated rings. The zero-order valence-corrected chi connectivity index (χ0v) is 11.7. The lowest BCUT2D eigenvalue weighted by Crippen LogP contribution is -2.36. The Morgan fingerprint density at radius 1 is 1.53 bits per heavy atom. The summed E-state index contributed by atoms with van der Waals surface area (Å²) in [6.07, 6.45) is 4.22. The van der Waals surface area contributed by atoms with Crippen molar-refractivity contribution in [1.82, 2.24) is 10.3 Å². The van der Waals surface area contributed by atoms with Gasteiger partial charge in [0, 0.05) is 12.2 Å². The van der Waals surface area contributed by atoms with Gasteiger partial charge in [0.2, 0.25) is 0 Å². The number of amides is 2. The molecule has 0 saturated heterocycles. The highest BCUT2D eigenvalue weighted by Gasteiger charge is 2.14. The van der Waals surface area contributed by atoms with E-state index in [1.54, 1.807) is 17.8 Å². The summed E-state index contributed by atoms with van der Waals surface area (Å²) in [5.41, 5.74) is 0.0129. The third kappa shape index (κ3) is 5.17. The van der Waals surface area contributed by atoms with Crippen molar-refractivity contribution in [2.24, 2.45) is 0 Å². The molecule has 0 aliphatic rings. The molecule has 6 nitrogen and oxygen atoms in total. The van der Waals surface area contributed by atoms with E-state index >= 15 is 0 Å². The van der Waals surface area contributed by atoms with Crippen LogP contribution >= 0.6 is 11.8 Å².